The number of carbonyl (C=O) groups excluding carboxylic acids is 1. The summed E-state index contributed by atoms with van der Waals surface area (Å²) < 4.78 is 18.9. The fourth-order valence-corrected chi connectivity index (χ4v) is 2.80. The monoisotopic (exact) mass is 311 g/mol. The molecule has 0 aliphatic carbocycles. The summed E-state index contributed by atoms with van der Waals surface area (Å²) >= 11 is 0. The highest BCUT2D eigenvalue weighted by Crippen LogP contribution is 2.31. The molecule has 2 N–H and O–H groups in total. The van der Waals surface area contributed by atoms with Crippen LogP contribution in [0.5, 0.6) is 5.75 Å². The van der Waals surface area contributed by atoms with E-state index in [-0.39, 0.29) is 28.0 Å². The van der Waals surface area contributed by atoms with Crippen molar-refractivity contribution in [1.82, 2.24) is 5.32 Å². The second kappa shape index (κ2) is 4.67. The molecular weight excluding hydrogens is 301 g/mol. The number of benzene rings is 2. The summed E-state index contributed by atoms with van der Waals surface area (Å²) in [7, 11) is 0. The minimum absolute atomic E-state index is 0.0628. The van der Waals surface area contributed by atoms with Gasteiger partial charge in [0, 0.05) is 0 Å². The smallest absolute Gasteiger partial charge is 0.288 e. The van der Waals surface area contributed by atoms with Crippen LogP contribution in [0.25, 0.3) is 11.0 Å². The predicted octanol–water partition coefficient (Wildman–Crippen LogP) is 2.47. The van der Waals surface area contributed by atoms with Crippen LogP contribution in [0.4, 0.5) is 4.39 Å². The normalized spacial score (nSPS) is 16.4. The van der Waals surface area contributed by atoms with Gasteiger partial charge in [-0.25, -0.2) is 4.39 Å². The number of aromatic hydroxyl groups is 1. The molecule has 1 atom stereocenters. The number of amides is 1. The maximum Gasteiger partial charge on any atom is 0.288 e. The molecule has 23 heavy (non-hydrogen) atoms. The third-order valence-electron chi connectivity index (χ3n) is 3.88. The number of halogens is 1. The van der Waals surface area contributed by atoms with Crippen LogP contribution in [-0.4, -0.2) is 11.0 Å². The van der Waals surface area contributed by atoms with Gasteiger partial charge in [-0.1, -0.05) is 12.1 Å². The maximum atomic E-state index is 13.4. The second-order valence-electron chi connectivity index (χ2n) is 5.31. The Balaban J connectivity index is 1.99. The summed E-state index contributed by atoms with van der Waals surface area (Å²) in [6.07, 6.45) is 0. The van der Waals surface area contributed by atoms with Crippen molar-refractivity contribution >= 4 is 16.9 Å². The summed E-state index contributed by atoms with van der Waals surface area (Å²) in [5.41, 5.74) is 0.491. The molecule has 1 aromatic heterocycles. The minimum atomic E-state index is -0.693. The van der Waals surface area contributed by atoms with Crippen LogP contribution in [0.1, 0.15) is 27.7 Å². The number of phenols is 1. The molecule has 1 amide bonds. The molecule has 114 valence electrons. The number of hydrogen-bond donors (Lipinski definition) is 2. The van der Waals surface area contributed by atoms with Gasteiger partial charge in [-0.3, -0.25) is 9.59 Å². The lowest BCUT2D eigenvalue weighted by molar-refractivity contribution is 0.0938. The number of phenolic OH excluding ortho intramolecular Hbond substituents is 1. The van der Waals surface area contributed by atoms with Crippen LogP contribution in [0, 0.1) is 5.82 Å². The van der Waals surface area contributed by atoms with Crippen LogP contribution >= 0.6 is 0 Å². The Morgan fingerprint density at radius 1 is 1.09 bits per heavy atom. The van der Waals surface area contributed by atoms with E-state index in [1.165, 1.54) is 24.3 Å². The minimum Gasteiger partial charge on any atom is -0.508 e. The Kier molecular flexibility index (Phi) is 2.74. The van der Waals surface area contributed by atoms with E-state index in [9.17, 15) is 19.1 Å². The van der Waals surface area contributed by atoms with E-state index in [0.717, 1.165) is 6.07 Å². The largest absolute Gasteiger partial charge is 0.508 e. The van der Waals surface area contributed by atoms with Gasteiger partial charge in [0.25, 0.3) is 5.91 Å². The predicted molar refractivity (Wildman–Crippen MR) is 79.9 cm³/mol. The molecule has 0 bridgehead atoms. The number of nitrogens with one attached hydrogen (secondary N) is 1. The van der Waals surface area contributed by atoms with Gasteiger partial charge in [-0.05, 0) is 35.9 Å². The molecule has 0 radical (unpaired) electrons. The quantitative estimate of drug-likeness (QED) is 0.723. The summed E-state index contributed by atoms with van der Waals surface area (Å²) in [6, 6.07) is 9.02. The standard InChI is InChI=1S/C17H10FNO4/c18-9-3-6-12-11(7-9)15(21)13-14(19-17(22)16(13)23-12)8-1-4-10(20)5-2-8/h1-7,14,20H,(H,19,22)/t14-/m0/s1. The van der Waals surface area contributed by atoms with Crippen molar-refractivity contribution in [2.45, 2.75) is 6.04 Å². The van der Waals surface area contributed by atoms with E-state index >= 15 is 0 Å². The summed E-state index contributed by atoms with van der Waals surface area (Å²) in [6.45, 7) is 0. The first kappa shape index (κ1) is 13.5. The highest BCUT2D eigenvalue weighted by atomic mass is 19.1. The van der Waals surface area contributed by atoms with E-state index in [1.54, 1.807) is 12.1 Å². The Labute approximate surface area is 129 Å². The van der Waals surface area contributed by atoms with Gasteiger partial charge in [0.2, 0.25) is 5.76 Å². The van der Waals surface area contributed by atoms with Gasteiger partial charge in [0.15, 0.2) is 5.43 Å². The number of fused-ring (bicyclic) bond motifs is 2. The molecule has 0 saturated carbocycles. The van der Waals surface area contributed by atoms with Crippen molar-refractivity contribution in [3.63, 3.8) is 0 Å². The molecule has 2 aromatic carbocycles. The highest BCUT2D eigenvalue weighted by Gasteiger charge is 2.35. The molecule has 2 heterocycles. The molecule has 1 aliphatic rings. The second-order valence-corrected chi connectivity index (χ2v) is 5.31. The van der Waals surface area contributed by atoms with Crippen LogP contribution < -0.4 is 10.7 Å². The van der Waals surface area contributed by atoms with Gasteiger partial charge in [-0.15, -0.1) is 0 Å². The van der Waals surface area contributed by atoms with Crippen LogP contribution in [0.15, 0.2) is 51.7 Å². The molecule has 0 spiro atoms. The molecule has 4 rings (SSSR count). The number of hydrogen-bond acceptors (Lipinski definition) is 4. The lowest BCUT2D eigenvalue weighted by Crippen LogP contribution is -2.21. The lowest BCUT2D eigenvalue weighted by Gasteiger charge is -2.11. The van der Waals surface area contributed by atoms with E-state index in [0.29, 0.717) is 5.56 Å². The molecule has 1 aliphatic heterocycles. The third kappa shape index (κ3) is 1.99. The number of rotatable bonds is 1. The van der Waals surface area contributed by atoms with Gasteiger partial charge in [-0.2, -0.15) is 0 Å². The first-order valence-electron chi connectivity index (χ1n) is 6.90. The zero-order chi connectivity index (χ0) is 16.1. The van der Waals surface area contributed by atoms with Gasteiger partial charge in [0.1, 0.15) is 17.1 Å². The third-order valence-corrected chi connectivity index (χ3v) is 3.88. The van der Waals surface area contributed by atoms with Gasteiger partial charge in [0.05, 0.1) is 17.0 Å². The molecule has 0 unspecified atom stereocenters. The van der Waals surface area contributed by atoms with Crippen LogP contribution in [0.2, 0.25) is 0 Å². The van der Waals surface area contributed by atoms with Crippen molar-refractivity contribution in [2.24, 2.45) is 0 Å². The lowest BCUT2D eigenvalue weighted by atomic mass is 9.99. The fraction of sp³-hybridized carbons (Fsp3) is 0.0588. The van der Waals surface area contributed by atoms with Crippen molar-refractivity contribution in [3.8, 4) is 5.75 Å². The van der Waals surface area contributed by atoms with Crippen LogP contribution in [-0.2, 0) is 0 Å². The summed E-state index contributed by atoms with van der Waals surface area (Å²) in [4.78, 5) is 24.8. The fourth-order valence-electron chi connectivity index (χ4n) is 2.80. The highest BCUT2D eigenvalue weighted by molar-refractivity contribution is 5.98. The van der Waals surface area contributed by atoms with E-state index in [1.807, 2.05) is 0 Å². The summed E-state index contributed by atoms with van der Waals surface area (Å²) in [5, 5.41) is 12.1. The molecule has 6 heteroatoms. The first-order chi connectivity index (χ1) is 11.0. The average molecular weight is 311 g/mol. The Hall–Kier alpha value is -3.15. The van der Waals surface area contributed by atoms with Gasteiger partial charge >= 0.3 is 0 Å². The SMILES string of the molecule is O=C1N[C@@H](c2ccc(O)cc2)c2c1oc1ccc(F)cc1c2=O. The molecular formula is C17H10FNO4. The maximum absolute atomic E-state index is 13.4. The topological polar surface area (TPSA) is 79.5 Å². The van der Waals surface area contributed by atoms with E-state index in [2.05, 4.69) is 5.32 Å². The first-order valence-corrected chi connectivity index (χ1v) is 6.90. The zero-order valence-corrected chi connectivity index (χ0v) is 11.7. The molecule has 3 aromatic rings. The van der Waals surface area contributed by atoms with Crippen molar-refractivity contribution in [3.05, 3.63) is 75.4 Å². The Bertz CT molecular complexity index is 1010. The zero-order valence-electron chi connectivity index (χ0n) is 11.7. The van der Waals surface area contributed by atoms with Gasteiger partial charge < -0.3 is 14.8 Å². The Morgan fingerprint density at radius 2 is 1.83 bits per heavy atom. The Morgan fingerprint density at radius 3 is 2.57 bits per heavy atom. The van der Waals surface area contributed by atoms with Crippen molar-refractivity contribution in [1.29, 1.82) is 0 Å². The summed E-state index contributed by atoms with van der Waals surface area (Å²) in [5.74, 6) is -1.04. The molecule has 5 nitrogen and oxygen atoms in total. The van der Waals surface area contributed by atoms with E-state index in [4.69, 9.17) is 4.42 Å². The van der Waals surface area contributed by atoms with Crippen molar-refractivity contribution < 1.29 is 18.7 Å². The number of carbonyl (C=O) groups is 1. The van der Waals surface area contributed by atoms with Crippen LogP contribution in [0.3, 0.4) is 0 Å². The average Bonchev–Trinajstić information content (AvgIpc) is 2.86. The van der Waals surface area contributed by atoms with E-state index < -0.39 is 23.2 Å². The molecule has 0 fully saturated rings. The molecule has 0 saturated heterocycles. The van der Waals surface area contributed by atoms with Crippen molar-refractivity contribution in [2.75, 3.05) is 0 Å².